The van der Waals surface area contributed by atoms with E-state index in [1.165, 1.54) is 77.0 Å². The number of ketones is 1. The SMILES string of the molecule is CCCCCCCCCOC(=O)CCCCCCCN(CCCCCCCC(C)=O)CCCNC(=S)NC. The van der Waals surface area contributed by atoms with Crippen LogP contribution in [0.1, 0.15) is 142 Å². The van der Waals surface area contributed by atoms with Crippen molar-refractivity contribution in [1.29, 1.82) is 0 Å². The molecule has 7 heteroatoms. The van der Waals surface area contributed by atoms with E-state index < -0.39 is 0 Å². The maximum atomic E-state index is 11.9. The Bertz CT molecular complexity index is 575. The van der Waals surface area contributed by atoms with Crippen molar-refractivity contribution in [2.75, 3.05) is 39.8 Å². The van der Waals surface area contributed by atoms with Crippen molar-refractivity contribution >= 4 is 29.1 Å². The molecule has 0 aromatic rings. The lowest BCUT2D eigenvalue weighted by Gasteiger charge is -2.22. The van der Waals surface area contributed by atoms with E-state index >= 15 is 0 Å². The van der Waals surface area contributed by atoms with Crippen molar-refractivity contribution in [1.82, 2.24) is 15.5 Å². The molecule has 0 unspecified atom stereocenters. The topological polar surface area (TPSA) is 70.7 Å². The van der Waals surface area contributed by atoms with E-state index in [9.17, 15) is 9.59 Å². The Kier molecular flexibility index (Phi) is 27.9. The molecule has 0 saturated heterocycles. The second-order valence-electron chi connectivity index (χ2n) is 10.8. The maximum absolute atomic E-state index is 11.9. The number of unbranched alkanes of at least 4 members (excludes halogenated alkanes) is 14. The number of carbonyl (C=O) groups is 2. The van der Waals surface area contributed by atoms with E-state index in [-0.39, 0.29) is 5.97 Å². The summed E-state index contributed by atoms with van der Waals surface area (Å²) in [7, 11) is 1.85. The van der Waals surface area contributed by atoms with Gasteiger partial charge in [-0.05, 0) is 77.3 Å². The van der Waals surface area contributed by atoms with Crippen LogP contribution < -0.4 is 10.6 Å². The smallest absolute Gasteiger partial charge is 0.305 e. The summed E-state index contributed by atoms with van der Waals surface area (Å²) >= 11 is 5.17. The molecule has 0 radical (unpaired) electrons. The Balaban J connectivity index is 3.87. The minimum atomic E-state index is -0.0187. The highest BCUT2D eigenvalue weighted by atomic mass is 32.1. The molecule has 0 aliphatic rings. The van der Waals surface area contributed by atoms with Crippen LogP contribution in [0.3, 0.4) is 0 Å². The van der Waals surface area contributed by atoms with Gasteiger partial charge in [-0.2, -0.15) is 0 Å². The monoisotopic (exact) mass is 555 g/mol. The third kappa shape index (κ3) is 27.8. The number of nitrogens with one attached hydrogen (secondary N) is 2. The summed E-state index contributed by atoms with van der Waals surface area (Å²) in [4.78, 5) is 25.6. The number of esters is 1. The van der Waals surface area contributed by atoms with Crippen LogP contribution in [0.25, 0.3) is 0 Å². The molecule has 0 aliphatic heterocycles. The predicted molar refractivity (Wildman–Crippen MR) is 166 cm³/mol. The number of carbonyl (C=O) groups excluding carboxylic acids is 2. The fraction of sp³-hybridized carbons (Fsp3) is 0.903. The van der Waals surface area contributed by atoms with Gasteiger partial charge in [0.1, 0.15) is 5.78 Å². The van der Waals surface area contributed by atoms with Crippen LogP contribution in [-0.2, 0) is 14.3 Å². The Morgan fingerprint density at radius 1 is 0.684 bits per heavy atom. The van der Waals surface area contributed by atoms with Gasteiger partial charge in [0.25, 0.3) is 0 Å². The lowest BCUT2D eigenvalue weighted by atomic mass is 10.1. The first-order chi connectivity index (χ1) is 18.5. The van der Waals surface area contributed by atoms with Crippen molar-refractivity contribution in [2.45, 2.75) is 142 Å². The number of ether oxygens (including phenoxy) is 1. The molecule has 0 rings (SSSR count). The first-order valence-electron chi connectivity index (χ1n) is 15.8. The van der Waals surface area contributed by atoms with Crippen molar-refractivity contribution < 1.29 is 14.3 Å². The number of nitrogens with zero attached hydrogens (tertiary/aromatic N) is 1. The van der Waals surface area contributed by atoms with Crippen molar-refractivity contribution in [2.24, 2.45) is 0 Å². The van der Waals surface area contributed by atoms with Gasteiger partial charge in [-0.1, -0.05) is 84.0 Å². The van der Waals surface area contributed by atoms with Gasteiger partial charge in [-0.3, -0.25) is 4.79 Å². The van der Waals surface area contributed by atoms with Gasteiger partial charge in [0.05, 0.1) is 6.61 Å². The number of rotatable bonds is 28. The van der Waals surface area contributed by atoms with E-state index in [2.05, 4.69) is 22.5 Å². The molecule has 6 nitrogen and oxygen atoms in total. The van der Waals surface area contributed by atoms with Crippen LogP contribution in [0, 0.1) is 0 Å². The molecule has 0 fully saturated rings. The normalized spacial score (nSPS) is 11.1. The van der Waals surface area contributed by atoms with Gasteiger partial charge in [0.15, 0.2) is 5.11 Å². The molecule has 0 atom stereocenters. The van der Waals surface area contributed by atoms with Gasteiger partial charge >= 0.3 is 5.97 Å². The zero-order valence-electron chi connectivity index (χ0n) is 25.3. The molecule has 0 spiro atoms. The van der Waals surface area contributed by atoms with Crippen molar-refractivity contribution in [3.8, 4) is 0 Å². The molecule has 0 amide bonds. The zero-order chi connectivity index (χ0) is 28.1. The first-order valence-corrected chi connectivity index (χ1v) is 16.2. The van der Waals surface area contributed by atoms with Crippen molar-refractivity contribution in [3.63, 3.8) is 0 Å². The van der Waals surface area contributed by atoms with Crippen LogP contribution in [0.2, 0.25) is 0 Å². The highest BCUT2D eigenvalue weighted by Gasteiger charge is 2.06. The number of Topliss-reactive ketones (excluding diaryl/α,β-unsaturated/α-hetero) is 1. The lowest BCUT2D eigenvalue weighted by molar-refractivity contribution is -0.143. The average molecular weight is 556 g/mol. The third-order valence-corrected chi connectivity index (χ3v) is 7.38. The van der Waals surface area contributed by atoms with Crippen LogP contribution >= 0.6 is 12.2 Å². The summed E-state index contributed by atoms with van der Waals surface area (Å²) in [5, 5.41) is 6.92. The summed E-state index contributed by atoms with van der Waals surface area (Å²) in [6, 6.07) is 0. The molecular formula is C31H61N3O3S. The molecule has 0 aromatic heterocycles. The Hall–Kier alpha value is -1.21. The Labute approximate surface area is 240 Å². The largest absolute Gasteiger partial charge is 0.466 e. The van der Waals surface area contributed by atoms with Gasteiger partial charge in [0.2, 0.25) is 0 Å². The fourth-order valence-electron chi connectivity index (χ4n) is 4.62. The summed E-state index contributed by atoms with van der Waals surface area (Å²) in [6.45, 7) is 8.79. The Morgan fingerprint density at radius 2 is 1.18 bits per heavy atom. The molecule has 38 heavy (non-hydrogen) atoms. The average Bonchev–Trinajstić information content (AvgIpc) is 2.90. The standard InChI is InChI=1S/C31H61N3O3S/c1-4-5-6-7-8-15-20-28-37-30(36)23-17-12-10-14-19-26-34(27-21-24-33-31(38)32-3)25-18-13-9-11-16-22-29(2)35/h4-28H2,1-3H3,(H2,32,33,38). The third-order valence-electron chi connectivity index (χ3n) is 7.03. The molecule has 0 bridgehead atoms. The highest BCUT2D eigenvalue weighted by molar-refractivity contribution is 7.80. The van der Waals surface area contributed by atoms with Gasteiger partial charge in [0, 0.05) is 26.4 Å². The van der Waals surface area contributed by atoms with Crippen LogP contribution in [0.15, 0.2) is 0 Å². The number of hydrogen-bond donors (Lipinski definition) is 2. The van der Waals surface area contributed by atoms with Crippen molar-refractivity contribution in [3.05, 3.63) is 0 Å². The van der Waals surface area contributed by atoms with Crippen LogP contribution in [0.4, 0.5) is 0 Å². The Morgan fingerprint density at radius 3 is 1.76 bits per heavy atom. The van der Waals surface area contributed by atoms with E-state index in [0.29, 0.717) is 23.9 Å². The van der Waals surface area contributed by atoms with Crippen LogP contribution in [0.5, 0.6) is 0 Å². The van der Waals surface area contributed by atoms with E-state index in [1.54, 1.807) is 6.92 Å². The van der Waals surface area contributed by atoms with Crippen LogP contribution in [-0.4, -0.2) is 61.6 Å². The second kappa shape index (κ2) is 28.8. The second-order valence-corrected chi connectivity index (χ2v) is 11.2. The van der Waals surface area contributed by atoms with E-state index in [1.807, 2.05) is 7.05 Å². The van der Waals surface area contributed by atoms with E-state index in [4.69, 9.17) is 17.0 Å². The fourth-order valence-corrected chi connectivity index (χ4v) is 4.72. The molecular weight excluding hydrogens is 494 g/mol. The number of thiocarbonyl (C=S) groups is 1. The minimum absolute atomic E-state index is 0.0187. The maximum Gasteiger partial charge on any atom is 0.305 e. The molecule has 0 saturated carbocycles. The molecule has 224 valence electrons. The first kappa shape index (κ1) is 36.8. The molecule has 0 aromatic carbocycles. The van der Waals surface area contributed by atoms with Gasteiger partial charge in [-0.25, -0.2) is 0 Å². The molecule has 0 aliphatic carbocycles. The highest BCUT2D eigenvalue weighted by Crippen LogP contribution is 2.11. The zero-order valence-corrected chi connectivity index (χ0v) is 26.1. The van der Waals surface area contributed by atoms with Gasteiger partial charge in [-0.15, -0.1) is 0 Å². The lowest BCUT2D eigenvalue weighted by Crippen LogP contribution is -2.35. The predicted octanol–water partition coefficient (Wildman–Crippen LogP) is 7.34. The summed E-state index contributed by atoms with van der Waals surface area (Å²) in [5.41, 5.74) is 0. The summed E-state index contributed by atoms with van der Waals surface area (Å²) in [6.07, 6.45) is 22.7. The van der Waals surface area contributed by atoms with Gasteiger partial charge < -0.3 is 25.1 Å². The molecule has 2 N–H and O–H groups in total. The quantitative estimate of drug-likeness (QED) is 0.0595. The molecule has 0 heterocycles. The van der Waals surface area contributed by atoms with E-state index in [0.717, 1.165) is 71.1 Å². The minimum Gasteiger partial charge on any atom is -0.466 e. The summed E-state index contributed by atoms with van der Waals surface area (Å²) in [5.74, 6) is 0.288. The number of hydrogen-bond acceptors (Lipinski definition) is 5. The summed E-state index contributed by atoms with van der Waals surface area (Å²) < 4.78 is 5.40.